The van der Waals surface area contributed by atoms with E-state index < -0.39 is 18.2 Å². The molecule has 1 aromatic rings. The van der Waals surface area contributed by atoms with E-state index in [-0.39, 0.29) is 5.75 Å². The minimum Gasteiger partial charge on any atom is -0.432 e. The summed E-state index contributed by atoms with van der Waals surface area (Å²) in [5.41, 5.74) is 0. The van der Waals surface area contributed by atoms with Crippen LogP contribution in [0.25, 0.3) is 0 Å². The molecule has 1 aromatic carbocycles. The summed E-state index contributed by atoms with van der Waals surface area (Å²) in [6.45, 7) is 0.374. The molecule has 0 aromatic heterocycles. The first-order valence-corrected chi connectivity index (χ1v) is 5.31. The largest absolute Gasteiger partial charge is 0.432 e. The smallest absolute Gasteiger partial charge is 0.409 e. The van der Waals surface area contributed by atoms with Crippen LogP contribution in [-0.2, 0) is 0 Å². The van der Waals surface area contributed by atoms with Gasteiger partial charge in [-0.2, -0.15) is 22.0 Å². The van der Waals surface area contributed by atoms with Crippen LogP contribution in [0, 0.1) is 5.92 Å². The molecule has 0 aliphatic rings. The fourth-order valence-electron chi connectivity index (χ4n) is 0.939. The molecular weight excluding hydrogens is 311 g/mol. The van der Waals surface area contributed by atoms with Crippen LogP contribution in [0.2, 0.25) is 0 Å². The molecule has 0 N–H and O–H groups in total. The van der Waals surface area contributed by atoms with Crippen molar-refractivity contribution in [1.82, 2.24) is 0 Å². The first kappa shape index (κ1) is 14.2. The Kier molecular flexibility index (Phi) is 4.01. The summed E-state index contributed by atoms with van der Waals surface area (Å²) < 4.78 is 67.4. The zero-order valence-corrected chi connectivity index (χ0v) is 10.1. The normalized spacial score (nSPS) is 14.5. The minimum atomic E-state index is -5.02. The molecule has 0 heterocycles. The lowest BCUT2D eigenvalue weighted by molar-refractivity contribution is -0.298. The number of rotatable bonds is 3. The lowest BCUT2D eigenvalue weighted by atomic mass is 10.1. The first-order valence-electron chi connectivity index (χ1n) is 4.52. The Morgan fingerprint density at radius 2 is 1.53 bits per heavy atom. The standard InChI is InChI=1S/C10H8BrF5O/c1-6(9(12,13)14)10(15,16)17-8-4-2-7(11)3-5-8/h2-6H,1H3. The highest BCUT2D eigenvalue weighted by Crippen LogP contribution is 2.39. The number of hydrogen-bond donors (Lipinski definition) is 0. The third-order valence-electron chi connectivity index (χ3n) is 2.06. The summed E-state index contributed by atoms with van der Waals surface area (Å²) in [7, 11) is 0. The van der Waals surface area contributed by atoms with Gasteiger partial charge in [-0.1, -0.05) is 15.9 Å². The highest BCUT2D eigenvalue weighted by molar-refractivity contribution is 9.10. The summed E-state index contributed by atoms with van der Waals surface area (Å²) in [5.74, 6) is -3.20. The maximum atomic E-state index is 13.1. The molecule has 0 aliphatic heterocycles. The quantitative estimate of drug-likeness (QED) is 0.739. The molecular formula is C10H8BrF5O. The lowest BCUT2D eigenvalue weighted by Gasteiger charge is -2.25. The zero-order valence-electron chi connectivity index (χ0n) is 8.56. The van der Waals surface area contributed by atoms with E-state index >= 15 is 0 Å². The number of halogens is 6. The Morgan fingerprint density at radius 1 is 1.06 bits per heavy atom. The second kappa shape index (κ2) is 4.80. The highest BCUT2D eigenvalue weighted by Gasteiger charge is 2.54. The van der Waals surface area contributed by atoms with E-state index in [1.54, 1.807) is 0 Å². The Hall–Kier alpha value is -0.850. The summed E-state index contributed by atoms with van der Waals surface area (Å²) in [5, 5.41) is 0. The van der Waals surface area contributed by atoms with Crippen molar-refractivity contribution in [3.05, 3.63) is 28.7 Å². The SMILES string of the molecule is CC(C(F)(F)F)C(F)(F)Oc1ccc(Br)cc1. The number of ether oxygens (including phenoxy) is 1. The minimum absolute atomic E-state index is 0.325. The van der Waals surface area contributed by atoms with Crippen LogP contribution in [0.5, 0.6) is 5.75 Å². The summed E-state index contributed by atoms with van der Waals surface area (Å²) >= 11 is 3.06. The fraction of sp³-hybridized carbons (Fsp3) is 0.400. The maximum Gasteiger partial charge on any atom is 0.409 e. The summed E-state index contributed by atoms with van der Waals surface area (Å²) in [6, 6.07) is 5.09. The van der Waals surface area contributed by atoms with Crippen molar-refractivity contribution in [2.24, 2.45) is 5.92 Å². The van der Waals surface area contributed by atoms with E-state index in [0.29, 0.717) is 11.4 Å². The average Bonchev–Trinajstić information content (AvgIpc) is 2.19. The van der Waals surface area contributed by atoms with Crippen LogP contribution in [0.4, 0.5) is 22.0 Å². The number of alkyl halides is 5. The van der Waals surface area contributed by atoms with E-state index in [1.165, 1.54) is 12.1 Å². The van der Waals surface area contributed by atoms with E-state index in [4.69, 9.17) is 0 Å². The van der Waals surface area contributed by atoms with E-state index in [9.17, 15) is 22.0 Å². The maximum absolute atomic E-state index is 13.1. The van der Waals surface area contributed by atoms with Gasteiger partial charge in [0, 0.05) is 4.47 Å². The van der Waals surface area contributed by atoms with Gasteiger partial charge in [-0.3, -0.25) is 0 Å². The van der Waals surface area contributed by atoms with Gasteiger partial charge < -0.3 is 4.74 Å². The molecule has 0 spiro atoms. The van der Waals surface area contributed by atoms with Gasteiger partial charge in [-0.15, -0.1) is 0 Å². The topological polar surface area (TPSA) is 9.23 Å². The van der Waals surface area contributed by atoms with Gasteiger partial charge in [0.05, 0.1) is 0 Å². The van der Waals surface area contributed by atoms with Crippen molar-refractivity contribution in [1.29, 1.82) is 0 Å². The molecule has 0 aliphatic carbocycles. The predicted octanol–water partition coefficient (Wildman–Crippen LogP) is 4.62. The molecule has 0 radical (unpaired) electrons. The molecule has 0 bridgehead atoms. The number of benzene rings is 1. The predicted molar refractivity (Wildman–Crippen MR) is 54.9 cm³/mol. The van der Waals surface area contributed by atoms with E-state index in [1.807, 2.05) is 0 Å². The zero-order chi connectivity index (χ0) is 13.3. The molecule has 1 atom stereocenters. The van der Waals surface area contributed by atoms with Crippen LogP contribution in [0.15, 0.2) is 28.7 Å². The number of hydrogen-bond acceptors (Lipinski definition) is 1. The summed E-state index contributed by atoms with van der Waals surface area (Å²) in [6.07, 6.45) is -9.31. The van der Waals surface area contributed by atoms with Gasteiger partial charge >= 0.3 is 12.3 Å². The van der Waals surface area contributed by atoms with Gasteiger partial charge in [-0.25, -0.2) is 0 Å². The third-order valence-corrected chi connectivity index (χ3v) is 2.59. The second-order valence-electron chi connectivity index (χ2n) is 3.38. The van der Waals surface area contributed by atoms with Crippen molar-refractivity contribution in [3.8, 4) is 5.75 Å². The van der Waals surface area contributed by atoms with Crippen molar-refractivity contribution in [2.75, 3.05) is 0 Å². The van der Waals surface area contributed by atoms with E-state index in [2.05, 4.69) is 20.7 Å². The van der Waals surface area contributed by atoms with Gasteiger partial charge in [0.15, 0.2) is 5.92 Å². The second-order valence-corrected chi connectivity index (χ2v) is 4.30. The van der Waals surface area contributed by atoms with Crippen molar-refractivity contribution >= 4 is 15.9 Å². The Bertz CT molecular complexity index is 373. The van der Waals surface area contributed by atoms with Gasteiger partial charge in [0.1, 0.15) is 5.75 Å². The average molecular weight is 319 g/mol. The van der Waals surface area contributed by atoms with Crippen LogP contribution < -0.4 is 4.74 Å². The highest BCUT2D eigenvalue weighted by atomic mass is 79.9. The fourth-order valence-corrected chi connectivity index (χ4v) is 1.20. The lowest BCUT2D eigenvalue weighted by Crippen LogP contribution is -2.41. The van der Waals surface area contributed by atoms with Crippen LogP contribution >= 0.6 is 15.9 Å². The molecule has 1 nitrogen and oxygen atoms in total. The Balaban J connectivity index is 2.82. The van der Waals surface area contributed by atoms with E-state index in [0.717, 1.165) is 12.1 Å². The van der Waals surface area contributed by atoms with Gasteiger partial charge in [0.2, 0.25) is 0 Å². The molecule has 7 heteroatoms. The Labute approximate surface area is 103 Å². The third kappa shape index (κ3) is 3.83. The van der Waals surface area contributed by atoms with Crippen LogP contribution in [-0.4, -0.2) is 12.3 Å². The molecule has 1 rings (SSSR count). The van der Waals surface area contributed by atoms with Crippen molar-refractivity contribution in [3.63, 3.8) is 0 Å². The molecule has 0 saturated carbocycles. The van der Waals surface area contributed by atoms with Crippen molar-refractivity contribution < 1.29 is 26.7 Å². The van der Waals surface area contributed by atoms with Crippen LogP contribution in [0.1, 0.15) is 6.92 Å². The van der Waals surface area contributed by atoms with Crippen LogP contribution in [0.3, 0.4) is 0 Å². The molecule has 0 saturated heterocycles. The first-order chi connectivity index (χ1) is 7.63. The van der Waals surface area contributed by atoms with Crippen molar-refractivity contribution in [2.45, 2.75) is 19.2 Å². The molecule has 96 valence electrons. The monoisotopic (exact) mass is 318 g/mol. The summed E-state index contributed by atoms with van der Waals surface area (Å²) in [4.78, 5) is 0. The van der Waals surface area contributed by atoms with Gasteiger partial charge in [-0.05, 0) is 31.2 Å². The molecule has 0 fully saturated rings. The van der Waals surface area contributed by atoms with Gasteiger partial charge in [0.25, 0.3) is 0 Å². The molecule has 1 unspecified atom stereocenters. The Morgan fingerprint density at radius 3 is 1.94 bits per heavy atom. The molecule has 17 heavy (non-hydrogen) atoms. The molecule has 0 amide bonds.